The Morgan fingerprint density at radius 1 is 0.400 bits per heavy atom. The van der Waals surface area contributed by atoms with E-state index in [1.807, 2.05) is 36.4 Å². The van der Waals surface area contributed by atoms with Crippen molar-refractivity contribution in [2.45, 2.75) is 13.3 Å². The molecule has 0 radical (unpaired) electrons. The van der Waals surface area contributed by atoms with Crippen molar-refractivity contribution in [1.82, 2.24) is 14.4 Å². The van der Waals surface area contributed by atoms with Gasteiger partial charge in [0.05, 0.1) is 17.1 Å². The molecule has 286 valence electrons. The molecule has 0 atom stereocenters. The second-order valence-corrected chi connectivity index (χ2v) is 14.9. The Balaban J connectivity index is 0.972. The minimum atomic E-state index is 0.703. The lowest BCUT2D eigenvalue weighted by Gasteiger charge is -2.26. The lowest BCUT2D eigenvalue weighted by Crippen LogP contribution is -2.09. The van der Waals surface area contributed by atoms with E-state index in [9.17, 15) is 0 Å². The Morgan fingerprint density at radius 2 is 0.833 bits per heavy atom. The molecular weight excluding hydrogens is 729 g/mol. The molecule has 0 spiro atoms. The molecule has 0 N–H and O–H groups in total. The van der Waals surface area contributed by atoms with Crippen molar-refractivity contribution in [3.63, 3.8) is 0 Å². The molecule has 0 bridgehead atoms. The van der Waals surface area contributed by atoms with E-state index in [1.54, 1.807) is 0 Å². The predicted molar refractivity (Wildman–Crippen MR) is 250 cm³/mol. The van der Waals surface area contributed by atoms with Crippen molar-refractivity contribution < 1.29 is 0 Å². The van der Waals surface area contributed by atoms with Crippen LogP contribution in [0.1, 0.15) is 12.5 Å². The molecule has 4 heteroatoms. The summed E-state index contributed by atoms with van der Waals surface area (Å²) in [6.07, 6.45) is 3.12. The summed E-state index contributed by atoms with van der Waals surface area (Å²) in [5.74, 6) is 0.703. The molecule has 10 aromatic rings. The van der Waals surface area contributed by atoms with Crippen LogP contribution in [0.4, 0.5) is 17.1 Å². The molecule has 0 saturated heterocycles. The van der Waals surface area contributed by atoms with Crippen molar-refractivity contribution in [2.24, 2.45) is 0 Å². The first kappa shape index (κ1) is 36.5. The number of hydrogen-bond donors (Lipinski definition) is 0. The van der Waals surface area contributed by atoms with E-state index in [0.29, 0.717) is 5.82 Å². The van der Waals surface area contributed by atoms with Gasteiger partial charge in [-0.15, -0.1) is 0 Å². The highest BCUT2D eigenvalue weighted by molar-refractivity contribution is 5.92. The third kappa shape index (κ3) is 7.05. The number of benzene rings is 7. The number of aryl methyl sites for hydroxylation is 1. The van der Waals surface area contributed by atoms with E-state index in [-0.39, 0.29) is 0 Å². The number of para-hydroxylation sites is 1. The van der Waals surface area contributed by atoms with Crippen LogP contribution in [0.15, 0.2) is 225 Å². The van der Waals surface area contributed by atoms with Gasteiger partial charge in [-0.3, -0.25) is 0 Å². The molecule has 0 aliphatic rings. The molecule has 0 aliphatic heterocycles. The van der Waals surface area contributed by atoms with E-state index in [4.69, 9.17) is 9.97 Å². The summed E-state index contributed by atoms with van der Waals surface area (Å²) in [4.78, 5) is 12.4. The summed E-state index contributed by atoms with van der Waals surface area (Å²) in [6, 6.07) is 77.0. The summed E-state index contributed by atoms with van der Waals surface area (Å²) < 4.78 is 2.35. The number of nitrogens with zero attached hydrogens (tertiary/aromatic N) is 4. The zero-order valence-electron chi connectivity index (χ0n) is 33.4. The number of pyridine rings is 1. The second kappa shape index (κ2) is 16.2. The highest BCUT2D eigenvalue weighted by Crippen LogP contribution is 2.42. The van der Waals surface area contributed by atoms with Gasteiger partial charge in [-0.25, -0.2) is 9.97 Å². The van der Waals surface area contributed by atoms with Crippen LogP contribution in [0.25, 0.3) is 72.9 Å². The second-order valence-electron chi connectivity index (χ2n) is 14.9. The molecule has 0 aliphatic carbocycles. The van der Waals surface area contributed by atoms with Crippen LogP contribution in [0.2, 0.25) is 0 Å². The van der Waals surface area contributed by atoms with Crippen molar-refractivity contribution in [3.05, 3.63) is 230 Å². The van der Waals surface area contributed by atoms with Gasteiger partial charge >= 0.3 is 0 Å². The number of aromatic nitrogens is 3. The van der Waals surface area contributed by atoms with Gasteiger partial charge in [-0.05, 0) is 88.8 Å². The first-order chi connectivity index (χ1) is 29.7. The molecule has 0 saturated carbocycles. The minimum absolute atomic E-state index is 0.703. The zero-order chi connectivity index (χ0) is 40.3. The highest BCUT2D eigenvalue weighted by atomic mass is 15.1. The summed E-state index contributed by atoms with van der Waals surface area (Å²) in [6.45, 7) is 2.25. The van der Waals surface area contributed by atoms with E-state index in [0.717, 1.165) is 62.7 Å². The fourth-order valence-corrected chi connectivity index (χ4v) is 8.33. The van der Waals surface area contributed by atoms with E-state index in [2.05, 4.69) is 204 Å². The fraction of sp³-hybridized carbons (Fsp3) is 0.0357. The summed E-state index contributed by atoms with van der Waals surface area (Å²) in [5, 5.41) is 0. The van der Waals surface area contributed by atoms with Gasteiger partial charge < -0.3 is 9.30 Å². The number of anilines is 3. The average Bonchev–Trinajstić information content (AvgIpc) is 3.67. The normalized spacial score (nSPS) is 11.2. The Labute approximate surface area is 351 Å². The zero-order valence-corrected chi connectivity index (χ0v) is 33.4. The maximum absolute atomic E-state index is 5.03. The molecule has 4 nitrogen and oxygen atoms in total. The summed E-state index contributed by atoms with van der Waals surface area (Å²) in [7, 11) is 0. The monoisotopic (exact) mass is 770 g/mol. The maximum atomic E-state index is 5.03. The molecular formula is C56H42N4. The molecule has 60 heavy (non-hydrogen) atoms. The van der Waals surface area contributed by atoms with Crippen LogP contribution in [0, 0.1) is 0 Å². The third-order valence-electron chi connectivity index (χ3n) is 11.2. The van der Waals surface area contributed by atoms with Crippen molar-refractivity contribution >= 4 is 22.6 Å². The summed E-state index contributed by atoms with van der Waals surface area (Å²) >= 11 is 0. The van der Waals surface area contributed by atoms with Crippen LogP contribution in [0.3, 0.4) is 0 Å². The van der Waals surface area contributed by atoms with Crippen LogP contribution in [0.5, 0.6) is 0 Å². The smallest absolute Gasteiger partial charge is 0.160 e. The van der Waals surface area contributed by atoms with Gasteiger partial charge in [0.1, 0.15) is 0 Å². The lowest BCUT2D eigenvalue weighted by atomic mass is 9.95. The van der Waals surface area contributed by atoms with Gasteiger partial charge in [0.15, 0.2) is 5.82 Å². The lowest BCUT2D eigenvalue weighted by molar-refractivity contribution is 1.15. The van der Waals surface area contributed by atoms with Gasteiger partial charge in [-0.2, -0.15) is 0 Å². The molecule has 0 unspecified atom stereocenters. The van der Waals surface area contributed by atoms with Crippen molar-refractivity contribution in [1.29, 1.82) is 0 Å². The molecule has 3 aromatic heterocycles. The Kier molecular flexibility index (Phi) is 9.86. The van der Waals surface area contributed by atoms with Gasteiger partial charge in [0.25, 0.3) is 0 Å². The largest absolute Gasteiger partial charge is 0.316 e. The summed E-state index contributed by atoms with van der Waals surface area (Å²) in [5.41, 5.74) is 18.0. The van der Waals surface area contributed by atoms with Gasteiger partial charge in [0.2, 0.25) is 0 Å². The molecule has 3 heterocycles. The minimum Gasteiger partial charge on any atom is -0.316 e. The first-order valence-electron chi connectivity index (χ1n) is 20.6. The Hall–Kier alpha value is -7.82. The van der Waals surface area contributed by atoms with Crippen molar-refractivity contribution in [3.8, 4) is 67.4 Å². The van der Waals surface area contributed by atoms with Crippen LogP contribution in [-0.4, -0.2) is 14.4 Å². The number of rotatable bonds is 10. The van der Waals surface area contributed by atoms with Gasteiger partial charge in [0, 0.05) is 51.0 Å². The molecule has 7 aromatic carbocycles. The van der Waals surface area contributed by atoms with Gasteiger partial charge in [-0.1, -0.05) is 171 Å². The Morgan fingerprint density at radius 3 is 1.37 bits per heavy atom. The first-order valence-corrected chi connectivity index (χ1v) is 20.6. The van der Waals surface area contributed by atoms with Crippen molar-refractivity contribution in [2.75, 3.05) is 4.90 Å². The van der Waals surface area contributed by atoms with Crippen LogP contribution < -0.4 is 4.90 Å². The quantitative estimate of drug-likeness (QED) is 0.139. The fourth-order valence-electron chi connectivity index (χ4n) is 8.33. The standard InChI is InChI=1S/C56H42N4/c1-2-50-53-25-15-16-38-59(53)55(45-21-11-5-12-22-45)54(50)44-32-36-49(37-33-44)60(47-23-13-6-14-24-47)48-34-30-41(31-35-48)40-26-28-46(29-27-40)56-57-51(42-17-7-3-8-18-42)39-52(58-56)43-19-9-4-10-20-43/h3-39H,2H2,1H3. The van der Waals surface area contributed by atoms with E-state index < -0.39 is 0 Å². The molecule has 10 rings (SSSR count). The van der Waals surface area contributed by atoms with E-state index in [1.165, 1.54) is 33.5 Å². The third-order valence-corrected chi connectivity index (χ3v) is 11.2. The Bertz CT molecular complexity index is 2960. The highest BCUT2D eigenvalue weighted by Gasteiger charge is 2.21. The average molecular weight is 771 g/mol. The topological polar surface area (TPSA) is 33.4 Å². The maximum Gasteiger partial charge on any atom is 0.160 e. The molecule has 0 amide bonds. The van der Waals surface area contributed by atoms with Crippen LogP contribution in [-0.2, 0) is 6.42 Å². The van der Waals surface area contributed by atoms with E-state index >= 15 is 0 Å². The molecule has 0 fully saturated rings. The number of fused-ring (bicyclic) bond motifs is 1. The number of hydrogen-bond acceptors (Lipinski definition) is 3. The SMILES string of the molecule is CCc1c(-c2ccc(N(c3ccccc3)c3ccc(-c4ccc(-c5nc(-c6ccccc6)cc(-c6ccccc6)n5)cc4)cc3)cc2)c(-c2ccccc2)n2ccccc12. The predicted octanol–water partition coefficient (Wildman–Crippen LogP) is 14.8. The van der Waals surface area contributed by atoms with Crippen LogP contribution >= 0.6 is 0 Å².